The highest BCUT2D eigenvalue weighted by molar-refractivity contribution is 6.36. The second-order valence-corrected chi connectivity index (χ2v) is 7.76. The third-order valence-corrected chi connectivity index (χ3v) is 5.53. The van der Waals surface area contributed by atoms with Crippen LogP contribution in [-0.4, -0.2) is 23.8 Å². The standard InChI is InChI=1S/C26H23FN2O2/c1-17-9-14-22(18(2)15-17)23-24(28(3)21-7-5-4-6-8-21)26(31)29(25(23)30)16-19-10-12-20(27)13-11-19/h4-15H,16H2,1-3H3. The lowest BCUT2D eigenvalue weighted by Crippen LogP contribution is -2.33. The second-order valence-electron chi connectivity index (χ2n) is 7.76. The molecule has 0 radical (unpaired) electrons. The van der Waals surface area contributed by atoms with Gasteiger partial charge in [0.05, 0.1) is 12.1 Å². The summed E-state index contributed by atoms with van der Waals surface area (Å²) in [6.07, 6.45) is 0. The number of benzene rings is 3. The van der Waals surface area contributed by atoms with Gasteiger partial charge in [0.25, 0.3) is 11.8 Å². The zero-order valence-electron chi connectivity index (χ0n) is 17.7. The predicted molar refractivity (Wildman–Crippen MR) is 120 cm³/mol. The highest BCUT2D eigenvalue weighted by Gasteiger charge is 2.41. The molecule has 3 aromatic carbocycles. The van der Waals surface area contributed by atoms with Crippen molar-refractivity contribution in [3.05, 3.63) is 107 Å². The molecule has 0 saturated carbocycles. The SMILES string of the molecule is Cc1ccc(C2=C(N(C)c3ccccc3)C(=O)N(Cc3ccc(F)cc3)C2=O)c(C)c1. The van der Waals surface area contributed by atoms with E-state index in [0.717, 1.165) is 22.4 Å². The van der Waals surface area contributed by atoms with Crippen LogP contribution < -0.4 is 4.90 Å². The van der Waals surface area contributed by atoms with E-state index in [2.05, 4.69) is 0 Å². The van der Waals surface area contributed by atoms with Crippen LogP contribution in [0.2, 0.25) is 0 Å². The topological polar surface area (TPSA) is 40.6 Å². The summed E-state index contributed by atoms with van der Waals surface area (Å²) in [6, 6.07) is 21.1. The molecular formula is C26H23FN2O2. The van der Waals surface area contributed by atoms with Gasteiger partial charge in [0, 0.05) is 12.7 Å². The van der Waals surface area contributed by atoms with E-state index in [-0.39, 0.29) is 24.2 Å². The van der Waals surface area contributed by atoms with Gasteiger partial charge in [-0.1, -0.05) is 54.1 Å². The van der Waals surface area contributed by atoms with Gasteiger partial charge in [0.2, 0.25) is 0 Å². The molecule has 1 heterocycles. The molecule has 1 aliphatic rings. The van der Waals surface area contributed by atoms with Crippen molar-refractivity contribution in [2.75, 3.05) is 11.9 Å². The van der Waals surface area contributed by atoms with Gasteiger partial charge in [0.1, 0.15) is 11.5 Å². The van der Waals surface area contributed by atoms with Crippen molar-refractivity contribution < 1.29 is 14.0 Å². The highest BCUT2D eigenvalue weighted by Crippen LogP contribution is 2.35. The number of halogens is 1. The van der Waals surface area contributed by atoms with E-state index in [1.54, 1.807) is 24.1 Å². The molecule has 0 bridgehead atoms. The summed E-state index contributed by atoms with van der Waals surface area (Å²) in [4.78, 5) is 30.0. The summed E-state index contributed by atoms with van der Waals surface area (Å²) in [5, 5.41) is 0. The summed E-state index contributed by atoms with van der Waals surface area (Å²) in [7, 11) is 1.79. The molecule has 0 fully saturated rings. The van der Waals surface area contributed by atoms with Gasteiger partial charge >= 0.3 is 0 Å². The van der Waals surface area contributed by atoms with Crippen LogP contribution >= 0.6 is 0 Å². The van der Waals surface area contributed by atoms with E-state index >= 15 is 0 Å². The van der Waals surface area contributed by atoms with Gasteiger partial charge in [0.15, 0.2) is 0 Å². The van der Waals surface area contributed by atoms with Crippen molar-refractivity contribution in [1.29, 1.82) is 0 Å². The first-order valence-electron chi connectivity index (χ1n) is 10.1. The molecule has 0 spiro atoms. The fraction of sp³-hybridized carbons (Fsp3) is 0.154. The number of para-hydroxylation sites is 1. The van der Waals surface area contributed by atoms with Crippen LogP contribution in [0.15, 0.2) is 78.5 Å². The van der Waals surface area contributed by atoms with Crippen molar-refractivity contribution in [1.82, 2.24) is 4.90 Å². The Morgan fingerprint density at radius 1 is 0.871 bits per heavy atom. The van der Waals surface area contributed by atoms with Crippen molar-refractivity contribution in [3.8, 4) is 0 Å². The first-order chi connectivity index (χ1) is 14.9. The van der Waals surface area contributed by atoms with E-state index in [4.69, 9.17) is 0 Å². The molecule has 156 valence electrons. The Morgan fingerprint density at radius 2 is 1.55 bits per heavy atom. The number of amides is 2. The van der Waals surface area contributed by atoms with Gasteiger partial charge in [-0.25, -0.2) is 4.39 Å². The number of hydrogen-bond acceptors (Lipinski definition) is 3. The molecule has 0 saturated heterocycles. The summed E-state index contributed by atoms with van der Waals surface area (Å²) in [6.45, 7) is 4.01. The van der Waals surface area contributed by atoms with Gasteiger partial charge in [-0.3, -0.25) is 14.5 Å². The number of nitrogens with zero attached hydrogens (tertiary/aromatic N) is 2. The number of hydrogen-bond donors (Lipinski definition) is 0. The van der Waals surface area contributed by atoms with Crippen LogP contribution in [0, 0.1) is 19.7 Å². The van der Waals surface area contributed by atoms with Crippen LogP contribution in [0.3, 0.4) is 0 Å². The molecule has 3 aromatic rings. The lowest BCUT2D eigenvalue weighted by atomic mass is 9.97. The van der Waals surface area contributed by atoms with Crippen LogP contribution in [0.5, 0.6) is 0 Å². The Bertz CT molecular complexity index is 1180. The summed E-state index contributed by atoms with van der Waals surface area (Å²) < 4.78 is 13.3. The van der Waals surface area contributed by atoms with Crippen LogP contribution in [-0.2, 0) is 16.1 Å². The first-order valence-corrected chi connectivity index (χ1v) is 10.1. The van der Waals surface area contributed by atoms with Crippen LogP contribution in [0.4, 0.5) is 10.1 Å². The summed E-state index contributed by atoms with van der Waals surface area (Å²) >= 11 is 0. The molecule has 4 rings (SSSR count). The van der Waals surface area contributed by atoms with Crippen LogP contribution in [0.1, 0.15) is 22.3 Å². The Labute approximate surface area is 181 Å². The Balaban J connectivity index is 1.82. The zero-order chi connectivity index (χ0) is 22.1. The fourth-order valence-electron chi connectivity index (χ4n) is 3.91. The zero-order valence-corrected chi connectivity index (χ0v) is 17.7. The minimum absolute atomic E-state index is 0.0818. The molecule has 0 aromatic heterocycles. The predicted octanol–water partition coefficient (Wildman–Crippen LogP) is 4.86. The van der Waals surface area contributed by atoms with E-state index in [0.29, 0.717) is 16.8 Å². The lowest BCUT2D eigenvalue weighted by molar-refractivity contribution is -0.137. The number of carbonyl (C=O) groups excluding carboxylic acids is 2. The molecular weight excluding hydrogens is 391 g/mol. The average molecular weight is 414 g/mol. The number of imide groups is 1. The molecule has 31 heavy (non-hydrogen) atoms. The Morgan fingerprint density at radius 3 is 2.19 bits per heavy atom. The Hall–Kier alpha value is -3.73. The maximum absolute atomic E-state index is 13.5. The minimum Gasteiger partial charge on any atom is -0.339 e. The van der Waals surface area contributed by atoms with E-state index in [1.807, 2.05) is 62.4 Å². The summed E-state index contributed by atoms with van der Waals surface area (Å²) in [5.41, 5.74) is 4.97. The van der Waals surface area contributed by atoms with E-state index < -0.39 is 0 Å². The molecule has 4 nitrogen and oxygen atoms in total. The first kappa shape index (κ1) is 20.5. The third kappa shape index (κ3) is 3.87. The molecule has 2 amide bonds. The lowest BCUT2D eigenvalue weighted by Gasteiger charge is -2.21. The van der Waals surface area contributed by atoms with Crippen molar-refractivity contribution in [2.24, 2.45) is 0 Å². The summed E-state index contributed by atoms with van der Waals surface area (Å²) in [5.74, 6) is -1.07. The quantitative estimate of drug-likeness (QED) is 0.560. The normalized spacial score (nSPS) is 13.9. The van der Waals surface area contributed by atoms with Crippen molar-refractivity contribution in [2.45, 2.75) is 20.4 Å². The van der Waals surface area contributed by atoms with Gasteiger partial charge < -0.3 is 4.90 Å². The molecule has 0 unspecified atom stereocenters. The largest absolute Gasteiger partial charge is 0.339 e. The van der Waals surface area contributed by atoms with Crippen molar-refractivity contribution in [3.63, 3.8) is 0 Å². The number of rotatable bonds is 5. The molecule has 1 aliphatic heterocycles. The monoisotopic (exact) mass is 414 g/mol. The average Bonchev–Trinajstić information content (AvgIpc) is 3.00. The smallest absolute Gasteiger partial charge is 0.278 e. The molecule has 0 aliphatic carbocycles. The van der Waals surface area contributed by atoms with Gasteiger partial charge in [-0.15, -0.1) is 0 Å². The van der Waals surface area contributed by atoms with E-state index in [1.165, 1.54) is 17.0 Å². The molecule has 0 N–H and O–H groups in total. The van der Waals surface area contributed by atoms with Gasteiger partial charge in [-0.05, 0) is 54.8 Å². The second kappa shape index (κ2) is 8.19. The highest BCUT2D eigenvalue weighted by atomic mass is 19.1. The number of aryl methyl sites for hydroxylation is 2. The number of carbonyl (C=O) groups is 2. The number of anilines is 1. The Kier molecular flexibility index (Phi) is 5.42. The fourth-order valence-corrected chi connectivity index (χ4v) is 3.91. The van der Waals surface area contributed by atoms with Gasteiger partial charge in [-0.2, -0.15) is 0 Å². The van der Waals surface area contributed by atoms with Crippen LogP contribution in [0.25, 0.3) is 5.57 Å². The minimum atomic E-state index is -0.365. The maximum Gasteiger partial charge on any atom is 0.278 e. The number of likely N-dealkylation sites (N-methyl/N-ethyl adjacent to an activating group) is 1. The third-order valence-electron chi connectivity index (χ3n) is 5.53. The molecule has 5 heteroatoms. The van der Waals surface area contributed by atoms with Crippen molar-refractivity contribution >= 4 is 23.1 Å². The maximum atomic E-state index is 13.5. The molecule has 0 atom stereocenters. The van der Waals surface area contributed by atoms with E-state index in [9.17, 15) is 14.0 Å².